The molecule has 0 saturated carbocycles. The molecular weight excluding hydrogens is 316 g/mol. The van der Waals surface area contributed by atoms with E-state index in [1.165, 1.54) is 0 Å². The maximum Gasteiger partial charge on any atom is 0.282 e. The van der Waals surface area contributed by atoms with E-state index in [-0.39, 0.29) is 6.04 Å². The van der Waals surface area contributed by atoms with Crippen LogP contribution < -0.4 is 0 Å². The van der Waals surface area contributed by atoms with Crippen molar-refractivity contribution in [2.24, 2.45) is 0 Å². The van der Waals surface area contributed by atoms with E-state index in [2.05, 4.69) is 16.5 Å². The molecule has 0 unspecified atom stereocenters. The largest absolute Gasteiger partial charge is 0.380 e. The minimum atomic E-state index is -3.40. The van der Waals surface area contributed by atoms with Crippen molar-refractivity contribution in [3.8, 4) is 0 Å². The number of hydrogen-bond acceptors (Lipinski definition) is 4. The molecule has 1 atom stereocenters. The molecule has 0 bridgehead atoms. The van der Waals surface area contributed by atoms with Crippen LogP contribution in [0.2, 0.25) is 0 Å². The summed E-state index contributed by atoms with van der Waals surface area (Å²) in [7, 11) is -3.40. The molecule has 1 aromatic rings. The van der Waals surface area contributed by atoms with Gasteiger partial charge in [-0.1, -0.05) is 6.92 Å². The quantitative estimate of drug-likeness (QED) is 0.796. The van der Waals surface area contributed by atoms with E-state index in [0.29, 0.717) is 39.4 Å². The molecule has 0 N–H and O–H groups in total. The van der Waals surface area contributed by atoms with Gasteiger partial charge in [-0.15, -0.1) is 0 Å². The van der Waals surface area contributed by atoms with Gasteiger partial charge >= 0.3 is 0 Å². The molecule has 23 heavy (non-hydrogen) atoms. The second-order valence-corrected chi connectivity index (χ2v) is 8.01. The van der Waals surface area contributed by atoms with E-state index in [9.17, 15) is 8.42 Å². The van der Waals surface area contributed by atoms with E-state index in [0.717, 1.165) is 31.5 Å². The third-order valence-electron chi connectivity index (χ3n) is 4.65. The summed E-state index contributed by atoms with van der Waals surface area (Å²) in [4.78, 5) is 4.33. The molecule has 2 aliphatic rings. The molecular formula is C15H26N4O3S. The summed E-state index contributed by atoms with van der Waals surface area (Å²) in [5.41, 5.74) is 0. The van der Waals surface area contributed by atoms with E-state index >= 15 is 0 Å². The maximum atomic E-state index is 13.0. The van der Waals surface area contributed by atoms with Crippen LogP contribution in [0.15, 0.2) is 12.4 Å². The first-order valence-electron chi connectivity index (χ1n) is 8.47. The van der Waals surface area contributed by atoms with Crippen LogP contribution in [0.25, 0.3) is 0 Å². The molecule has 3 rings (SSSR count). The van der Waals surface area contributed by atoms with Crippen molar-refractivity contribution in [1.29, 1.82) is 0 Å². The lowest BCUT2D eigenvalue weighted by molar-refractivity contribution is 0.147. The van der Waals surface area contributed by atoms with Gasteiger partial charge in [0.15, 0.2) is 0 Å². The first kappa shape index (κ1) is 16.9. The lowest BCUT2D eigenvalue weighted by atomic mass is 10.2. The van der Waals surface area contributed by atoms with Crippen LogP contribution >= 0.6 is 0 Å². The predicted octanol–water partition coefficient (Wildman–Crippen LogP) is 0.877. The highest BCUT2D eigenvalue weighted by molar-refractivity contribution is 7.86. The Morgan fingerprint density at radius 1 is 1.26 bits per heavy atom. The van der Waals surface area contributed by atoms with Crippen molar-refractivity contribution in [2.75, 3.05) is 32.8 Å². The molecule has 7 nitrogen and oxygen atoms in total. The van der Waals surface area contributed by atoms with Gasteiger partial charge in [-0.2, -0.15) is 17.0 Å². The third-order valence-corrected chi connectivity index (χ3v) is 6.74. The summed E-state index contributed by atoms with van der Waals surface area (Å²) in [6, 6.07) is 0.0173. The smallest absolute Gasteiger partial charge is 0.282 e. The van der Waals surface area contributed by atoms with Crippen LogP contribution in [0.5, 0.6) is 0 Å². The highest BCUT2D eigenvalue weighted by Gasteiger charge is 2.38. The standard InChI is InChI=1S/C15H26N4O3S/c1-2-15-16-6-9-17(15)13-14-5-3-8-19(14)23(20,21)18-7-4-11-22-12-10-18/h6,9,14H,2-5,7-8,10-13H2,1H3/t14-/m1/s1. The zero-order valence-corrected chi connectivity index (χ0v) is 14.5. The Kier molecular flexibility index (Phi) is 5.35. The monoisotopic (exact) mass is 342 g/mol. The van der Waals surface area contributed by atoms with Gasteiger partial charge in [0.25, 0.3) is 10.2 Å². The normalized spacial score (nSPS) is 24.8. The van der Waals surface area contributed by atoms with Crippen molar-refractivity contribution in [3.63, 3.8) is 0 Å². The van der Waals surface area contributed by atoms with Crippen molar-refractivity contribution in [2.45, 2.75) is 45.2 Å². The number of aryl methyl sites for hydroxylation is 1. The van der Waals surface area contributed by atoms with E-state index in [4.69, 9.17) is 4.74 Å². The molecule has 8 heteroatoms. The van der Waals surface area contributed by atoms with Gasteiger partial charge in [-0.25, -0.2) is 4.98 Å². The zero-order chi connectivity index (χ0) is 16.3. The van der Waals surface area contributed by atoms with Crippen LogP contribution in [-0.4, -0.2) is 65.5 Å². The Labute approximate surface area is 138 Å². The van der Waals surface area contributed by atoms with Gasteiger partial charge in [0.1, 0.15) is 5.82 Å². The Morgan fingerprint density at radius 2 is 2.13 bits per heavy atom. The molecule has 0 amide bonds. The minimum Gasteiger partial charge on any atom is -0.380 e. The zero-order valence-electron chi connectivity index (χ0n) is 13.7. The van der Waals surface area contributed by atoms with Crippen LogP contribution in [0.1, 0.15) is 32.0 Å². The molecule has 2 fully saturated rings. The Balaban J connectivity index is 1.75. The summed E-state index contributed by atoms with van der Waals surface area (Å²) in [6.45, 7) is 5.50. The molecule has 3 heterocycles. The van der Waals surface area contributed by atoms with Gasteiger partial charge in [0, 0.05) is 57.6 Å². The molecule has 0 spiro atoms. The fraction of sp³-hybridized carbons (Fsp3) is 0.800. The number of ether oxygens (including phenoxy) is 1. The van der Waals surface area contributed by atoms with E-state index in [1.54, 1.807) is 14.8 Å². The van der Waals surface area contributed by atoms with Crippen molar-refractivity contribution in [3.05, 3.63) is 18.2 Å². The number of imidazole rings is 1. The summed E-state index contributed by atoms with van der Waals surface area (Å²) >= 11 is 0. The third kappa shape index (κ3) is 3.60. The average Bonchev–Trinajstić information content (AvgIpc) is 3.09. The number of nitrogens with zero attached hydrogens (tertiary/aromatic N) is 4. The predicted molar refractivity (Wildman–Crippen MR) is 87.3 cm³/mol. The molecule has 2 aliphatic heterocycles. The lowest BCUT2D eigenvalue weighted by Crippen LogP contribution is -2.48. The van der Waals surface area contributed by atoms with Crippen LogP contribution in [0.3, 0.4) is 0 Å². The fourth-order valence-electron chi connectivity index (χ4n) is 3.45. The molecule has 0 aliphatic carbocycles. The van der Waals surface area contributed by atoms with Crippen molar-refractivity contribution < 1.29 is 13.2 Å². The van der Waals surface area contributed by atoms with E-state index < -0.39 is 10.2 Å². The fourth-order valence-corrected chi connectivity index (χ4v) is 5.32. The molecule has 130 valence electrons. The maximum absolute atomic E-state index is 13.0. The molecule has 1 aromatic heterocycles. The second kappa shape index (κ2) is 7.29. The topological polar surface area (TPSA) is 67.7 Å². The first-order chi connectivity index (χ1) is 11.1. The Morgan fingerprint density at radius 3 is 2.96 bits per heavy atom. The van der Waals surface area contributed by atoms with Crippen molar-refractivity contribution in [1.82, 2.24) is 18.2 Å². The number of rotatable bonds is 5. The highest BCUT2D eigenvalue weighted by atomic mass is 32.2. The minimum absolute atomic E-state index is 0.0173. The summed E-state index contributed by atoms with van der Waals surface area (Å²) in [6.07, 6.45) is 7.19. The summed E-state index contributed by atoms with van der Waals surface area (Å²) in [5.74, 6) is 1.01. The summed E-state index contributed by atoms with van der Waals surface area (Å²) in [5, 5.41) is 0. The van der Waals surface area contributed by atoms with Crippen molar-refractivity contribution >= 4 is 10.2 Å². The average molecular weight is 342 g/mol. The van der Waals surface area contributed by atoms with Gasteiger partial charge in [0.05, 0.1) is 6.61 Å². The van der Waals surface area contributed by atoms with Gasteiger partial charge in [0.2, 0.25) is 0 Å². The Hall–Kier alpha value is -0.960. The van der Waals surface area contributed by atoms with Crippen LogP contribution in [0.4, 0.5) is 0 Å². The number of hydrogen-bond donors (Lipinski definition) is 0. The first-order valence-corrected chi connectivity index (χ1v) is 9.87. The van der Waals surface area contributed by atoms with Gasteiger partial charge in [-0.3, -0.25) is 0 Å². The van der Waals surface area contributed by atoms with E-state index in [1.807, 2.05) is 6.20 Å². The number of aromatic nitrogens is 2. The summed E-state index contributed by atoms with van der Waals surface area (Å²) < 4.78 is 36.8. The molecule has 0 aromatic carbocycles. The highest BCUT2D eigenvalue weighted by Crippen LogP contribution is 2.25. The van der Waals surface area contributed by atoms with Gasteiger partial charge in [-0.05, 0) is 19.3 Å². The van der Waals surface area contributed by atoms with Crippen LogP contribution in [0, 0.1) is 0 Å². The second-order valence-electron chi connectivity index (χ2n) is 6.13. The van der Waals surface area contributed by atoms with Crippen LogP contribution in [-0.2, 0) is 27.9 Å². The van der Waals surface area contributed by atoms with Gasteiger partial charge < -0.3 is 9.30 Å². The Bertz CT molecular complexity index is 608. The SMILES string of the molecule is CCc1nccn1C[C@H]1CCCN1S(=O)(=O)N1CCCOCC1. The lowest BCUT2D eigenvalue weighted by Gasteiger charge is -2.30. The molecule has 0 radical (unpaired) electrons. The molecule has 2 saturated heterocycles.